The molecule has 0 aromatic heterocycles. The Morgan fingerprint density at radius 2 is 2.00 bits per heavy atom. The molecule has 1 heterocycles. The van der Waals surface area contributed by atoms with Gasteiger partial charge in [-0.1, -0.05) is 12.1 Å². The third kappa shape index (κ3) is 3.57. The third-order valence-electron chi connectivity index (χ3n) is 3.55. The van der Waals surface area contributed by atoms with E-state index < -0.39 is 0 Å². The van der Waals surface area contributed by atoms with Crippen molar-refractivity contribution in [3.8, 4) is 0 Å². The quantitative estimate of drug-likeness (QED) is 0.819. The minimum Gasteiger partial charge on any atom is -0.465 e. The van der Waals surface area contributed by atoms with E-state index in [0.29, 0.717) is 5.56 Å². The third-order valence-corrected chi connectivity index (χ3v) is 3.55. The van der Waals surface area contributed by atoms with E-state index in [9.17, 15) is 9.59 Å². The van der Waals surface area contributed by atoms with Crippen LogP contribution in [0.3, 0.4) is 0 Å². The van der Waals surface area contributed by atoms with Crippen molar-refractivity contribution in [3.05, 3.63) is 35.4 Å². The number of piperidine rings is 1. The summed E-state index contributed by atoms with van der Waals surface area (Å²) >= 11 is 0. The lowest BCUT2D eigenvalue weighted by molar-refractivity contribution is -0.119. The van der Waals surface area contributed by atoms with E-state index in [1.54, 1.807) is 19.1 Å². The summed E-state index contributed by atoms with van der Waals surface area (Å²) in [6.07, 6.45) is 1.80. The molecule has 2 N–H and O–H groups in total. The van der Waals surface area contributed by atoms with Gasteiger partial charge in [-0.15, -0.1) is 0 Å². The van der Waals surface area contributed by atoms with Crippen LogP contribution >= 0.6 is 0 Å². The van der Waals surface area contributed by atoms with Crippen LogP contribution in [0.25, 0.3) is 0 Å². The fourth-order valence-electron chi connectivity index (χ4n) is 2.56. The van der Waals surface area contributed by atoms with E-state index in [4.69, 9.17) is 0 Å². The molecule has 1 aromatic rings. The number of ether oxygens (including phenoxy) is 1. The summed E-state index contributed by atoms with van der Waals surface area (Å²) in [7, 11) is 1.37. The molecule has 2 atom stereocenters. The van der Waals surface area contributed by atoms with Gasteiger partial charge >= 0.3 is 5.97 Å². The first-order valence-electron chi connectivity index (χ1n) is 6.79. The Bertz CT molecular complexity index is 484. The number of rotatable bonds is 3. The van der Waals surface area contributed by atoms with Crippen molar-refractivity contribution in [1.82, 2.24) is 10.6 Å². The molecule has 1 aliphatic rings. The van der Waals surface area contributed by atoms with Gasteiger partial charge in [-0.05, 0) is 37.1 Å². The van der Waals surface area contributed by atoms with Crippen LogP contribution < -0.4 is 10.6 Å². The van der Waals surface area contributed by atoms with Crippen molar-refractivity contribution in [2.24, 2.45) is 0 Å². The minimum absolute atomic E-state index is 0.0108. The number of nitrogens with one attached hydrogen (secondary N) is 2. The predicted molar refractivity (Wildman–Crippen MR) is 75.4 cm³/mol. The fourth-order valence-corrected chi connectivity index (χ4v) is 2.56. The van der Waals surface area contributed by atoms with Crippen molar-refractivity contribution in [2.45, 2.75) is 31.8 Å². The second-order valence-electron chi connectivity index (χ2n) is 5.04. The van der Waals surface area contributed by atoms with Crippen LogP contribution in [0.15, 0.2) is 24.3 Å². The first-order chi connectivity index (χ1) is 9.60. The highest BCUT2D eigenvalue weighted by atomic mass is 16.5. The maximum absolute atomic E-state index is 11.4. The molecule has 0 radical (unpaired) electrons. The first kappa shape index (κ1) is 14.5. The molecular formula is C15H20N2O3. The maximum atomic E-state index is 11.4. The highest BCUT2D eigenvalue weighted by molar-refractivity contribution is 5.89. The molecule has 0 spiro atoms. The van der Waals surface area contributed by atoms with Crippen LogP contribution in [0.2, 0.25) is 0 Å². The zero-order valence-corrected chi connectivity index (χ0v) is 11.8. The lowest BCUT2D eigenvalue weighted by atomic mass is 9.93. The largest absolute Gasteiger partial charge is 0.465 e. The highest BCUT2D eigenvalue weighted by Crippen LogP contribution is 2.23. The fraction of sp³-hybridized carbons (Fsp3) is 0.467. The van der Waals surface area contributed by atoms with Crippen molar-refractivity contribution in [3.63, 3.8) is 0 Å². The van der Waals surface area contributed by atoms with E-state index in [1.165, 1.54) is 7.11 Å². The molecule has 2 unspecified atom stereocenters. The zero-order chi connectivity index (χ0) is 14.5. The first-order valence-corrected chi connectivity index (χ1v) is 6.79. The normalized spacial score (nSPS) is 22.1. The van der Waals surface area contributed by atoms with Crippen LogP contribution in [0, 0.1) is 0 Å². The molecule has 108 valence electrons. The molecule has 1 amide bonds. The number of benzene rings is 1. The molecule has 1 saturated heterocycles. The zero-order valence-electron chi connectivity index (χ0n) is 11.8. The average Bonchev–Trinajstić information content (AvgIpc) is 2.46. The molecule has 0 aliphatic carbocycles. The van der Waals surface area contributed by atoms with Crippen molar-refractivity contribution in [2.75, 3.05) is 13.7 Å². The summed E-state index contributed by atoms with van der Waals surface area (Å²) < 4.78 is 4.68. The molecule has 5 heteroatoms. The lowest BCUT2D eigenvalue weighted by Crippen LogP contribution is -2.43. The second-order valence-corrected chi connectivity index (χ2v) is 5.04. The van der Waals surface area contributed by atoms with Gasteiger partial charge in [-0.25, -0.2) is 4.79 Å². The number of carbonyl (C=O) groups is 2. The molecule has 2 rings (SSSR count). The van der Waals surface area contributed by atoms with Gasteiger partial charge < -0.3 is 15.4 Å². The molecule has 20 heavy (non-hydrogen) atoms. The number of esters is 1. The summed E-state index contributed by atoms with van der Waals surface area (Å²) in [5.41, 5.74) is 1.66. The van der Waals surface area contributed by atoms with E-state index in [1.807, 2.05) is 12.1 Å². The van der Waals surface area contributed by atoms with Gasteiger partial charge in [0.05, 0.1) is 12.7 Å². The van der Waals surface area contributed by atoms with Crippen LogP contribution in [-0.2, 0) is 9.53 Å². The Balaban J connectivity index is 2.03. The van der Waals surface area contributed by atoms with Gasteiger partial charge in [0.15, 0.2) is 0 Å². The van der Waals surface area contributed by atoms with Crippen LogP contribution in [-0.4, -0.2) is 31.6 Å². The van der Waals surface area contributed by atoms with Crippen LogP contribution in [0.5, 0.6) is 0 Å². The van der Waals surface area contributed by atoms with E-state index in [0.717, 1.165) is 24.9 Å². The number of methoxy groups -OCH3 is 1. The molecular weight excluding hydrogens is 256 g/mol. The summed E-state index contributed by atoms with van der Waals surface area (Å²) in [5.74, 6) is -0.319. The van der Waals surface area contributed by atoms with Gasteiger partial charge in [0.25, 0.3) is 0 Å². The molecule has 0 saturated carbocycles. The number of hydrogen-bond acceptors (Lipinski definition) is 4. The second kappa shape index (κ2) is 6.52. The lowest BCUT2D eigenvalue weighted by Gasteiger charge is -2.31. The standard InChI is InChI=1S/C15H20N2O3/c1-10(18)17-13-7-8-16-14(9-13)11-3-5-12(6-4-11)15(19)20-2/h3-6,13-14,16H,7-9H2,1-2H3,(H,17,18). The van der Waals surface area contributed by atoms with Gasteiger partial charge in [-0.2, -0.15) is 0 Å². The maximum Gasteiger partial charge on any atom is 0.337 e. The van der Waals surface area contributed by atoms with Gasteiger partial charge in [0.1, 0.15) is 0 Å². The van der Waals surface area contributed by atoms with Crippen molar-refractivity contribution < 1.29 is 14.3 Å². The van der Waals surface area contributed by atoms with Crippen LogP contribution in [0.4, 0.5) is 0 Å². The SMILES string of the molecule is COC(=O)c1ccc(C2CC(NC(C)=O)CCN2)cc1. The molecule has 1 aromatic carbocycles. The number of carbonyl (C=O) groups excluding carboxylic acids is 2. The van der Waals surface area contributed by atoms with Gasteiger partial charge in [0, 0.05) is 19.0 Å². The number of amides is 1. The van der Waals surface area contributed by atoms with Gasteiger partial charge in [-0.3, -0.25) is 4.79 Å². The summed E-state index contributed by atoms with van der Waals surface area (Å²) in [4.78, 5) is 22.5. The minimum atomic E-state index is -0.329. The topological polar surface area (TPSA) is 67.4 Å². The molecule has 1 aliphatic heterocycles. The van der Waals surface area contributed by atoms with Crippen molar-refractivity contribution in [1.29, 1.82) is 0 Å². The Morgan fingerprint density at radius 3 is 2.60 bits per heavy atom. The van der Waals surface area contributed by atoms with Crippen molar-refractivity contribution >= 4 is 11.9 Å². The Hall–Kier alpha value is -1.88. The highest BCUT2D eigenvalue weighted by Gasteiger charge is 2.23. The van der Waals surface area contributed by atoms with E-state index in [-0.39, 0.29) is 24.0 Å². The summed E-state index contributed by atoms with van der Waals surface area (Å²) in [6, 6.07) is 7.81. The smallest absolute Gasteiger partial charge is 0.337 e. The molecule has 5 nitrogen and oxygen atoms in total. The average molecular weight is 276 g/mol. The Kier molecular flexibility index (Phi) is 4.74. The van der Waals surface area contributed by atoms with Gasteiger partial charge in [0.2, 0.25) is 5.91 Å². The number of hydrogen-bond donors (Lipinski definition) is 2. The molecule has 1 fully saturated rings. The predicted octanol–water partition coefficient (Wildman–Crippen LogP) is 1.40. The van der Waals surface area contributed by atoms with E-state index >= 15 is 0 Å². The van der Waals surface area contributed by atoms with E-state index in [2.05, 4.69) is 15.4 Å². The molecule has 0 bridgehead atoms. The monoisotopic (exact) mass is 276 g/mol. The summed E-state index contributed by atoms with van der Waals surface area (Å²) in [5, 5.41) is 6.40. The Labute approximate surface area is 118 Å². The summed E-state index contributed by atoms with van der Waals surface area (Å²) in [6.45, 7) is 2.41. The van der Waals surface area contributed by atoms with Crippen LogP contribution in [0.1, 0.15) is 41.7 Å². The Morgan fingerprint density at radius 1 is 1.30 bits per heavy atom.